The highest BCUT2D eigenvalue weighted by atomic mass is 32.2. The van der Waals surface area contributed by atoms with Crippen molar-refractivity contribution in [3.8, 4) is 0 Å². The van der Waals surface area contributed by atoms with E-state index < -0.39 is 16.1 Å². The molecule has 1 fully saturated rings. The van der Waals surface area contributed by atoms with E-state index in [9.17, 15) is 18.3 Å². The Labute approximate surface area is 146 Å². The normalized spacial score (nSPS) is 26.9. The van der Waals surface area contributed by atoms with Gasteiger partial charge in [0.2, 0.25) is 5.91 Å². The van der Waals surface area contributed by atoms with Gasteiger partial charge in [-0.15, -0.1) is 0 Å². The fourth-order valence-electron chi connectivity index (χ4n) is 3.01. The fourth-order valence-corrected chi connectivity index (χ4v) is 4.25. The zero-order chi connectivity index (χ0) is 18.0. The van der Waals surface area contributed by atoms with Crippen LogP contribution in [0.1, 0.15) is 18.9 Å². The average Bonchev–Trinajstić information content (AvgIpc) is 3.07. The summed E-state index contributed by atoms with van der Waals surface area (Å²) in [7, 11) is -3.57. The van der Waals surface area contributed by atoms with E-state index in [1.54, 1.807) is 25.1 Å². The van der Waals surface area contributed by atoms with Crippen molar-refractivity contribution in [2.75, 3.05) is 19.6 Å². The van der Waals surface area contributed by atoms with Crippen molar-refractivity contribution < 1.29 is 18.3 Å². The average molecular weight is 366 g/mol. The highest BCUT2D eigenvalue weighted by Crippen LogP contribution is 2.22. The Kier molecular flexibility index (Phi) is 5.07. The van der Waals surface area contributed by atoms with E-state index in [-0.39, 0.29) is 35.0 Å². The number of sulfonamides is 1. The van der Waals surface area contributed by atoms with E-state index in [0.29, 0.717) is 25.2 Å². The molecule has 2 heterocycles. The summed E-state index contributed by atoms with van der Waals surface area (Å²) in [6.07, 6.45) is -0.300. The first kappa shape index (κ1) is 17.8. The molecule has 136 valence electrons. The molecular weight excluding hydrogens is 344 g/mol. The Balaban J connectivity index is 1.60. The van der Waals surface area contributed by atoms with Crippen LogP contribution < -0.4 is 15.4 Å². The quantitative estimate of drug-likeness (QED) is 0.544. The number of nitrogens with one attached hydrogen (secondary N) is 3. The van der Waals surface area contributed by atoms with Gasteiger partial charge in [0.15, 0.2) is 0 Å². The van der Waals surface area contributed by atoms with Gasteiger partial charge in [-0.25, -0.2) is 8.42 Å². The van der Waals surface area contributed by atoms with Crippen LogP contribution in [-0.2, 0) is 14.8 Å². The molecule has 3 atom stereocenters. The number of amidine groups is 1. The molecule has 2 aliphatic rings. The topological polar surface area (TPSA) is 120 Å². The number of carbonyl (C=O) groups is 1. The van der Waals surface area contributed by atoms with Gasteiger partial charge in [0.05, 0.1) is 17.0 Å². The first-order valence-corrected chi connectivity index (χ1v) is 9.70. The first-order chi connectivity index (χ1) is 11.9. The molecule has 1 aromatic rings. The number of aliphatic hydroxyl groups excluding tert-OH is 1. The molecule has 1 saturated heterocycles. The molecule has 8 nitrogen and oxygen atoms in total. The second kappa shape index (κ2) is 7.11. The molecule has 0 aromatic heterocycles. The minimum absolute atomic E-state index is 0.0130. The van der Waals surface area contributed by atoms with Crippen molar-refractivity contribution in [3.63, 3.8) is 0 Å². The van der Waals surface area contributed by atoms with Gasteiger partial charge in [0.25, 0.3) is 10.0 Å². The Morgan fingerprint density at radius 1 is 1.40 bits per heavy atom. The van der Waals surface area contributed by atoms with Crippen LogP contribution in [0.5, 0.6) is 0 Å². The van der Waals surface area contributed by atoms with Gasteiger partial charge in [-0.05, 0) is 19.1 Å². The van der Waals surface area contributed by atoms with Crippen LogP contribution in [0.15, 0.2) is 34.2 Å². The lowest BCUT2D eigenvalue weighted by Gasteiger charge is -2.15. The number of nitrogens with zero attached hydrogens (tertiary/aromatic N) is 1. The lowest BCUT2D eigenvalue weighted by Crippen LogP contribution is -2.35. The van der Waals surface area contributed by atoms with Crippen LogP contribution in [0.25, 0.3) is 0 Å². The maximum atomic E-state index is 12.0. The number of rotatable bonds is 5. The first-order valence-electron chi connectivity index (χ1n) is 8.22. The van der Waals surface area contributed by atoms with E-state index in [0.717, 1.165) is 0 Å². The number of aliphatic hydroxyl groups is 1. The number of carbonyl (C=O) groups excluding carboxylic acids is 1. The molecule has 9 heteroatoms. The monoisotopic (exact) mass is 366 g/mol. The summed E-state index contributed by atoms with van der Waals surface area (Å²) in [5.41, 5.74) is 0.523. The van der Waals surface area contributed by atoms with E-state index in [1.165, 1.54) is 6.07 Å². The molecule has 1 amide bonds. The maximum absolute atomic E-state index is 12.0. The number of aliphatic imine (C=N–C) groups is 1. The lowest BCUT2D eigenvalue weighted by molar-refractivity contribution is -0.121. The van der Waals surface area contributed by atoms with Crippen molar-refractivity contribution >= 4 is 21.8 Å². The third-order valence-corrected chi connectivity index (χ3v) is 5.76. The molecule has 0 spiro atoms. The number of fused-ring (bicyclic) bond motifs is 1. The Hall–Kier alpha value is -1.97. The molecule has 0 saturated carbocycles. The third-order valence-electron chi connectivity index (χ3n) is 4.36. The van der Waals surface area contributed by atoms with Gasteiger partial charge in [-0.1, -0.05) is 12.1 Å². The van der Waals surface area contributed by atoms with Crippen LogP contribution in [0.3, 0.4) is 0 Å². The Bertz CT molecular complexity index is 793. The number of benzene rings is 1. The van der Waals surface area contributed by atoms with E-state index in [1.807, 2.05) is 0 Å². The Morgan fingerprint density at radius 2 is 2.16 bits per heavy atom. The minimum atomic E-state index is -3.57. The predicted molar refractivity (Wildman–Crippen MR) is 92.8 cm³/mol. The molecule has 0 radical (unpaired) electrons. The van der Waals surface area contributed by atoms with E-state index in [2.05, 4.69) is 20.3 Å². The van der Waals surface area contributed by atoms with Gasteiger partial charge >= 0.3 is 0 Å². The van der Waals surface area contributed by atoms with Crippen LogP contribution in [0.4, 0.5) is 0 Å². The van der Waals surface area contributed by atoms with Crippen LogP contribution in [0, 0.1) is 5.92 Å². The molecular formula is C16H22N4O4S. The maximum Gasteiger partial charge on any atom is 0.263 e. The SMILES string of the molecule is CC(CC(=O)NCC1CNCC1O)N=C1NS(=O)(=O)c2ccccc21. The van der Waals surface area contributed by atoms with E-state index in [4.69, 9.17) is 0 Å². The zero-order valence-electron chi connectivity index (χ0n) is 13.9. The third kappa shape index (κ3) is 4.00. The zero-order valence-corrected chi connectivity index (χ0v) is 14.7. The molecule has 0 aliphatic carbocycles. The fraction of sp³-hybridized carbons (Fsp3) is 0.500. The van der Waals surface area contributed by atoms with E-state index >= 15 is 0 Å². The Morgan fingerprint density at radius 3 is 2.88 bits per heavy atom. The lowest BCUT2D eigenvalue weighted by atomic mass is 10.1. The number of hydrogen-bond donors (Lipinski definition) is 4. The summed E-state index contributed by atoms with van der Waals surface area (Å²) in [5.74, 6) is 0.107. The van der Waals surface area contributed by atoms with Crippen molar-refractivity contribution in [2.24, 2.45) is 10.9 Å². The molecule has 3 unspecified atom stereocenters. The second-order valence-corrected chi connectivity index (χ2v) is 8.07. The molecule has 4 N–H and O–H groups in total. The van der Waals surface area contributed by atoms with Gasteiger partial charge < -0.3 is 15.7 Å². The van der Waals surface area contributed by atoms with Crippen molar-refractivity contribution in [1.29, 1.82) is 0 Å². The molecule has 2 aliphatic heterocycles. The summed E-state index contributed by atoms with van der Waals surface area (Å²) in [6, 6.07) is 6.24. The minimum Gasteiger partial charge on any atom is -0.391 e. The van der Waals surface area contributed by atoms with Crippen molar-refractivity contribution in [2.45, 2.75) is 30.4 Å². The molecule has 0 bridgehead atoms. The highest BCUT2D eigenvalue weighted by molar-refractivity contribution is 7.90. The smallest absolute Gasteiger partial charge is 0.263 e. The highest BCUT2D eigenvalue weighted by Gasteiger charge is 2.30. The summed E-state index contributed by atoms with van der Waals surface area (Å²) < 4.78 is 26.5. The molecule has 1 aromatic carbocycles. The predicted octanol–water partition coefficient (Wildman–Crippen LogP) is -0.800. The number of β-amino-alcohol motifs (C(OH)–C–C–N with tert-alkyl or cyclic N) is 1. The summed E-state index contributed by atoms with van der Waals surface area (Å²) in [4.78, 5) is 16.6. The number of hydrogen-bond acceptors (Lipinski definition) is 6. The molecule has 25 heavy (non-hydrogen) atoms. The van der Waals surface area contributed by atoms with Crippen LogP contribution in [-0.4, -0.2) is 57.0 Å². The largest absolute Gasteiger partial charge is 0.391 e. The van der Waals surface area contributed by atoms with Gasteiger partial charge in [0.1, 0.15) is 5.84 Å². The number of amides is 1. The van der Waals surface area contributed by atoms with Crippen LogP contribution >= 0.6 is 0 Å². The van der Waals surface area contributed by atoms with Gasteiger partial charge in [-0.3, -0.25) is 14.5 Å². The van der Waals surface area contributed by atoms with Gasteiger partial charge in [-0.2, -0.15) is 0 Å². The summed E-state index contributed by atoms with van der Waals surface area (Å²) >= 11 is 0. The standard InChI is InChI=1S/C16H22N4O4S/c1-10(6-15(22)18-8-11-7-17-9-13(11)21)19-16-12-4-2-3-5-14(12)25(23,24)20-16/h2-5,10-11,13,17,21H,6-9H2,1H3,(H,18,22)(H,19,20). The van der Waals surface area contributed by atoms with Crippen molar-refractivity contribution in [3.05, 3.63) is 29.8 Å². The van der Waals surface area contributed by atoms with Crippen LogP contribution in [0.2, 0.25) is 0 Å². The molecule has 3 rings (SSSR count). The summed E-state index contributed by atoms with van der Waals surface area (Å²) in [6.45, 7) is 3.39. The van der Waals surface area contributed by atoms with Gasteiger partial charge in [0, 0.05) is 37.5 Å². The second-order valence-electron chi connectivity index (χ2n) is 6.42. The van der Waals surface area contributed by atoms with Crippen molar-refractivity contribution in [1.82, 2.24) is 15.4 Å². The summed E-state index contributed by atoms with van der Waals surface area (Å²) in [5, 5.41) is 15.6.